The Bertz CT molecular complexity index is 2700. The molecule has 0 bridgehead atoms. The zero-order chi connectivity index (χ0) is 80.2. The number of nitrogens with two attached hydrogens (primary N) is 3. The minimum Gasteiger partial charge on any atom is -0.480 e. The van der Waals surface area contributed by atoms with Gasteiger partial charge < -0.3 is 46.5 Å². The minimum absolute atomic E-state index is 0.00863. The van der Waals surface area contributed by atoms with E-state index in [0.717, 1.165) is 64.7 Å². The van der Waals surface area contributed by atoms with Gasteiger partial charge in [0.1, 0.15) is 30.9 Å². The molecular formula is C68H118N10O20P2S6. The Morgan fingerprint density at radius 1 is 0.538 bits per heavy atom. The van der Waals surface area contributed by atoms with E-state index in [1.54, 1.807) is 14.7 Å². The Hall–Kier alpha value is -3.26. The maximum atomic E-state index is 12.9. The van der Waals surface area contributed by atoms with E-state index in [1.807, 2.05) is 62.0 Å². The summed E-state index contributed by atoms with van der Waals surface area (Å²) in [6.45, 7) is 8.82. The maximum Gasteiger partial charge on any atom is 0.338 e. The third-order valence-corrected chi connectivity index (χ3v) is 27.1. The third-order valence-electron chi connectivity index (χ3n) is 16.3. The summed E-state index contributed by atoms with van der Waals surface area (Å²) in [5, 5.41) is 22.6. The summed E-state index contributed by atoms with van der Waals surface area (Å²) in [5.74, 6) is -0.223. The van der Waals surface area contributed by atoms with Gasteiger partial charge in [0, 0.05) is 116 Å². The molecule has 30 nitrogen and oxygen atoms in total. The predicted molar refractivity (Wildman–Crippen MR) is 426 cm³/mol. The summed E-state index contributed by atoms with van der Waals surface area (Å²) in [6.07, 6.45) is 13.8. The molecule has 38 heteroatoms. The van der Waals surface area contributed by atoms with Crippen molar-refractivity contribution >= 4 is 171 Å². The first-order valence-electron chi connectivity index (χ1n) is 37.2. The van der Waals surface area contributed by atoms with Crippen LogP contribution in [0.2, 0.25) is 1.41 Å². The molecule has 5 rings (SSSR count). The molecule has 106 heavy (non-hydrogen) atoms. The number of hydrogen-bond donors (Lipinski definition) is 6. The highest BCUT2D eigenvalue weighted by Gasteiger charge is 2.34. The van der Waals surface area contributed by atoms with Crippen molar-refractivity contribution in [2.75, 3.05) is 191 Å². The standard InChI is InChI=1S/C28H50N4O8P2S2.C22H38N2O6S2.C10H12N2O6.C8H18N2S2/c1-3-4-11-43-24-7-8-25(24)44-12-5-6-22(34)16-32(18-27(37)40-30-14-23(35)19-41)10-9-31(15-21(2)33)17-26(36)39-20-42-28(38)13-29;1-3-4-11-31-19-7-8-20(19)32-12-5-6-18(26)14-24(16-22(29)30)10-9-23(13-17(2)25)15-21(27)28;13-7-3-11(4-8(14)17-7)1-2-12-5-9(15)18-10(16)6-12;9-3-5-11-7-1-2-8(7)12-6-4-10/h24-25,30,42H,3-20,29,41H2,1-2H3;19-20H,3-16H2,1-2H3,(H,27,28)(H,29,30);1-6H2;7-8H,1-6,9-10H2/i19T;;;/hT. The highest BCUT2D eigenvalue weighted by molar-refractivity contribution is 8.04. The number of thioether (sulfide) groups is 6. The van der Waals surface area contributed by atoms with Crippen LogP contribution in [0, 0.1) is 0 Å². The number of hydroxylamine groups is 1. The summed E-state index contributed by atoms with van der Waals surface area (Å²) in [6, 6.07) is 0. The second-order valence-corrected chi connectivity index (χ2v) is 35.4. The van der Waals surface area contributed by atoms with Crippen LogP contribution in [0.5, 0.6) is 0 Å². The number of carbonyl (C=O) groups excluding carboxylic acids is 12. The minimum atomic E-state index is -1.05. The van der Waals surface area contributed by atoms with E-state index in [-0.39, 0.29) is 161 Å². The predicted octanol–water partition coefficient (Wildman–Crippen LogP) is 2.64. The molecule has 606 valence electrons. The summed E-state index contributed by atoms with van der Waals surface area (Å²) < 4.78 is 28.1. The zero-order valence-electron chi connectivity index (χ0n) is 64.1. The van der Waals surface area contributed by atoms with Crippen LogP contribution in [0.15, 0.2) is 0 Å². The highest BCUT2D eigenvalue weighted by atomic mass is 32.2. The molecule has 0 amide bonds. The van der Waals surface area contributed by atoms with Gasteiger partial charge in [-0.25, -0.2) is 4.79 Å². The van der Waals surface area contributed by atoms with Gasteiger partial charge in [0.25, 0.3) is 0 Å². The third kappa shape index (κ3) is 49.2. The van der Waals surface area contributed by atoms with E-state index in [0.29, 0.717) is 41.7 Å². The van der Waals surface area contributed by atoms with E-state index in [1.165, 1.54) is 104 Å². The summed E-state index contributed by atoms with van der Waals surface area (Å²) in [5.41, 5.74) is 14.9. The molecule has 3 aliphatic carbocycles. The summed E-state index contributed by atoms with van der Waals surface area (Å²) >= 11 is 12.1. The summed E-state index contributed by atoms with van der Waals surface area (Å²) in [4.78, 5) is 177. The van der Waals surface area contributed by atoms with Gasteiger partial charge in [-0.05, 0) is 110 Å². The molecule has 0 aromatic heterocycles. The van der Waals surface area contributed by atoms with Gasteiger partial charge in [-0.3, -0.25) is 91.7 Å². The number of rotatable bonds is 58. The molecule has 0 aromatic rings. The first-order valence-corrected chi connectivity index (χ1v) is 44.3. The molecule has 0 aromatic carbocycles. The number of unbranched alkanes of at least 4 members (excludes halogenated alkanes) is 2. The van der Waals surface area contributed by atoms with E-state index < -0.39 is 59.7 Å². The second kappa shape index (κ2) is 60.4. The van der Waals surface area contributed by atoms with Gasteiger partial charge in [-0.1, -0.05) is 26.7 Å². The SMILES string of the molecule is CCCCSC1CCC1SCCCC(=O)CN(CCN(CC(C)=O)CC(=O)O)CC(=O)O.NCCSC1CCC1SCCN.O=C1CN(CCN2CC(=O)OC(=O)C2)CC(=O)O1.[3H]NCC(=O)PCOC(=O)CN(CCN(CC(=O)CCCSC1CCC1SCCCC)CC(=O)ONCC(=O)C([3H])P)CC(C)=O. The van der Waals surface area contributed by atoms with Gasteiger partial charge in [0.2, 0.25) is 0 Å². The van der Waals surface area contributed by atoms with Gasteiger partial charge in [-0.15, -0.1) is 14.7 Å². The van der Waals surface area contributed by atoms with Crippen LogP contribution in [-0.2, 0) is 86.2 Å². The van der Waals surface area contributed by atoms with Gasteiger partial charge >= 0.3 is 47.8 Å². The van der Waals surface area contributed by atoms with Crippen molar-refractivity contribution in [1.82, 2.24) is 34.9 Å². The molecule has 5 aliphatic rings. The normalized spacial score (nSPS) is 19.9. The smallest absolute Gasteiger partial charge is 0.338 e. The Kier molecular flexibility index (Phi) is 54.2. The topological polar surface area (TPSA) is 426 Å². The monoisotopic (exact) mass is 1650 g/mol. The zero-order valence-corrected chi connectivity index (χ0v) is 69.1. The number of Topliss-reactive ketones (excluding diaryl/α,β-unsaturated/α-hetero) is 5. The van der Waals surface area contributed by atoms with Crippen molar-refractivity contribution in [2.45, 2.75) is 149 Å². The first kappa shape index (κ1) is 95.1. The number of nitrogens with one attached hydrogen (secondary N) is 1. The molecule has 9 atom stereocenters. The van der Waals surface area contributed by atoms with Crippen molar-refractivity contribution in [3.8, 4) is 0 Å². The number of carbonyl (C=O) groups is 14. The Morgan fingerprint density at radius 3 is 1.23 bits per heavy atom. The van der Waals surface area contributed by atoms with Gasteiger partial charge in [-0.2, -0.15) is 70.6 Å². The van der Waals surface area contributed by atoms with Crippen LogP contribution in [-0.4, -0.2) is 344 Å². The van der Waals surface area contributed by atoms with Crippen molar-refractivity contribution in [1.29, 1.82) is 0 Å². The average molecular weight is 1650 g/mol. The lowest BCUT2D eigenvalue weighted by Crippen LogP contribution is -2.49. The molecule has 0 spiro atoms. The van der Waals surface area contributed by atoms with Crippen LogP contribution in [0.4, 0.5) is 0 Å². The number of hydrogen-bond acceptors (Lipinski definition) is 34. The van der Waals surface area contributed by atoms with E-state index in [2.05, 4.69) is 52.3 Å². The quantitative estimate of drug-likeness (QED) is 0.0127. The number of esters is 5. The Balaban J connectivity index is 0.000000545. The fourth-order valence-corrected chi connectivity index (χ4v) is 20.1. The number of carboxylic acid groups (broad SMARTS) is 2. The maximum absolute atomic E-state index is 12.9. The number of morpholine rings is 2. The molecular weight excluding hydrogens is 1530 g/mol. The van der Waals surface area contributed by atoms with E-state index in [9.17, 15) is 67.1 Å². The lowest BCUT2D eigenvalue weighted by atomic mass is 9.99. The molecule has 2 aliphatic heterocycles. The number of nitrogens with zero attached hydrogens (tertiary/aromatic N) is 6. The first-order chi connectivity index (χ1) is 51.6. The molecule has 2 saturated heterocycles. The van der Waals surface area contributed by atoms with Gasteiger partial charge in [0.15, 0.2) is 11.3 Å². The molecule has 5 fully saturated rings. The molecule has 2 heterocycles. The number of ether oxygens (including phenoxy) is 3. The van der Waals surface area contributed by atoms with E-state index in [4.69, 9.17) is 34.0 Å². The Labute approximate surface area is 657 Å². The van der Waals surface area contributed by atoms with Gasteiger partial charge in [0.05, 0.1) is 91.6 Å². The lowest BCUT2D eigenvalue weighted by Gasteiger charge is -2.35. The molecule has 9 unspecified atom stereocenters. The Morgan fingerprint density at radius 2 is 0.887 bits per heavy atom. The van der Waals surface area contributed by atoms with Crippen molar-refractivity contribution < 1.29 is 99.2 Å². The molecule has 3 saturated carbocycles. The number of aliphatic carboxylic acids is 2. The van der Waals surface area contributed by atoms with Crippen LogP contribution < -0.4 is 22.7 Å². The fourth-order valence-electron chi connectivity index (χ4n) is 10.5. The van der Waals surface area contributed by atoms with Crippen LogP contribution >= 0.6 is 88.4 Å². The summed E-state index contributed by atoms with van der Waals surface area (Å²) in [7, 11) is 1.74. The van der Waals surface area contributed by atoms with Crippen molar-refractivity contribution in [3.63, 3.8) is 0 Å². The van der Waals surface area contributed by atoms with Crippen LogP contribution in [0.25, 0.3) is 0 Å². The average Bonchev–Trinajstić information content (AvgIpc) is 0.868. The second-order valence-electron chi connectivity index (χ2n) is 25.8. The molecule has 0 radical (unpaired) electrons. The number of ketones is 5. The number of carboxylic acids is 2. The van der Waals surface area contributed by atoms with Crippen molar-refractivity contribution in [3.05, 3.63) is 0 Å². The largest absolute Gasteiger partial charge is 0.480 e. The van der Waals surface area contributed by atoms with E-state index >= 15 is 0 Å². The fraction of sp³-hybridized carbons (Fsp3) is 0.794. The number of cyclic esters (lactones) is 4. The molecule has 9 N–H and O–H groups in total. The van der Waals surface area contributed by atoms with Crippen LogP contribution in [0.3, 0.4) is 0 Å². The van der Waals surface area contributed by atoms with Crippen LogP contribution in [0.1, 0.15) is 119 Å². The highest BCUT2D eigenvalue weighted by Crippen LogP contribution is 2.42. The van der Waals surface area contributed by atoms with Crippen molar-refractivity contribution in [2.24, 2.45) is 17.2 Å². The lowest BCUT2D eigenvalue weighted by molar-refractivity contribution is -0.170.